The topological polar surface area (TPSA) is 187 Å². The van der Waals surface area contributed by atoms with E-state index in [0.29, 0.717) is 0 Å². The van der Waals surface area contributed by atoms with Crippen LogP contribution in [0.15, 0.2) is 60.7 Å². The zero-order valence-electron chi connectivity index (χ0n) is 30.4. The monoisotopic (exact) mass is 746 g/mol. The first-order valence-corrected chi connectivity index (χ1v) is 16.9. The normalized spacial score (nSPS) is 24.6. The van der Waals surface area contributed by atoms with Crippen molar-refractivity contribution in [2.45, 2.75) is 109 Å². The van der Waals surface area contributed by atoms with E-state index in [0.717, 1.165) is 45.7 Å². The van der Waals surface area contributed by atoms with Gasteiger partial charge in [0, 0.05) is 41.7 Å². The predicted molar refractivity (Wildman–Crippen MR) is 179 cm³/mol. The largest absolute Gasteiger partial charge is 0.462 e. The van der Waals surface area contributed by atoms with Gasteiger partial charge in [0.25, 0.3) is 0 Å². The number of hydrogen-bond acceptors (Lipinski definition) is 16. The van der Waals surface area contributed by atoms with Crippen LogP contribution in [0.1, 0.15) is 45.7 Å². The van der Waals surface area contributed by atoms with Crippen LogP contribution in [0, 0.1) is 0 Å². The van der Waals surface area contributed by atoms with Gasteiger partial charge >= 0.3 is 29.8 Å². The number of esters is 5. The van der Waals surface area contributed by atoms with E-state index < -0.39 is 97.9 Å². The molecule has 2 aromatic carbocycles. The van der Waals surface area contributed by atoms with Crippen LogP contribution in [0.2, 0.25) is 0 Å². The van der Waals surface area contributed by atoms with Crippen molar-refractivity contribution >= 4 is 29.8 Å². The Morgan fingerprint density at radius 2 is 1.19 bits per heavy atom. The predicted octanol–water partition coefficient (Wildman–Crippen LogP) is 2.56. The Hall–Kier alpha value is -4.45. The lowest BCUT2D eigenvalue weighted by molar-refractivity contribution is -0.380. The van der Waals surface area contributed by atoms with Crippen LogP contribution in [0.4, 0.5) is 0 Å². The van der Waals surface area contributed by atoms with Gasteiger partial charge in [-0.25, -0.2) is 0 Å². The lowest BCUT2D eigenvalue weighted by Crippen LogP contribution is -2.67. The van der Waals surface area contributed by atoms with E-state index in [1.807, 2.05) is 60.7 Å². The zero-order valence-corrected chi connectivity index (χ0v) is 30.4. The zero-order chi connectivity index (χ0) is 38.5. The van der Waals surface area contributed by atoms with Gasteiger partial charge in [0.05, 0.1) is 19.8 Å². The minimum atomic E-state index is -1.73. The third kappa shape index (κ3) is 12.3. The average molecular weight is 747 g/mol. The average Bonchev–Trinajstić information content (AvgIpc) is 3.12. The molecule has 2 aliphatic heterocycles. The Morgan fingerprint density at radius 1 is 0.660 bits per heavy atom. The Morgan fingerprint density at radius 3 is 1.70 bits per heavy atom. The molecule has 4 rings (SSSR count). The van der Waals surface area contributed by atoms with Crippen LogP contribution in [-0.4, -0.2) is 112 Å². The maximum absolute atomic E-state index is 12.6. The van der Waals surface area contributed by atoms with Gasteiger partial charge in [0.2, 0.25) is 0 Å². The van der Waals surface area contributed by atoms with E-state index >= 15 is 0 Å². The molecule has 0 spiro atoms. The highest BCUT2D eigenvalue weighted by Crippen LogP contribution is 2.36. The molecule has 10 atom stereocenters. The van der Waals surface area contributed by atoms with E-state index in [9.17, 15) is 24.0 Å². The van der Waals surface area contributed by atoms with E-state index in [4.69, 9.17) is 52.1 Å². The van der Waals surface area contributed by atoms with Gasteiger partial charge in [0.1, 0.15) is 31.0 Å². The van der Waals surface area contributed by atoms with Crippen LogP contribution in [0.3, 0.4) is 0 Å². The number of hydrogen-bond donors (Lipinski definition) is 0. The lowest BCUT2D eigenvalue weighted by atomic mass is 9.96. The van der Waals surface area contributed by atoms with Gasteiger partial charge in [-0.15, -0.1) is 0 Å². The SMILES string of the molecule is CO[C@@H]1O[C@@H]2CO[C@H]([C@@H](OC(C)=O)[C@H](OC(C)=O)[C@@H](OC(C)=O)[C@H](COC(C)=O)OC(C)=O)O[C@@H]2[C@H](OCc2ccccc2)[C@H]1OCc1ccccc1. The summed E-state index contributed by atoms with van der Waals surface area (Å²) in [6, 6.07) is 18.9. The lowest BCUT2D eigenvalue weighted by Gasteiger charge is -2.50. The molecule has 0 aromatic heterocycles. The van der Waals surface area contributed by atoms with Crippen molar-refractivity contribution in [3.05, 3.63) is 71.8 Å². The summed E-state index contributed by atoms with van der Waals surface area (Å²) in [6.45, 7) is 4.95. The molecule has 290 valence electrons. The van der Waals surface area contributed by atoms with Crippen LogP contribution in [-0.2, 0) is 89.3 Å². The second kappa shape index (κ2) is 20.1. The third-order valence-corrected chi connectivity index (χ3v) is 8.07. The van der Waals surface area contributed by atoms with Gasteiger partial charge in [-0.2, -0.15) is 0 Å². The van der Waals surface area contributed by atoms with Gasteiger partial charge in [0.15, 0.2) is 37.0 Å². The van der Waals surface area contributed by atoms with Crippen molar-refractivity contribution in [2.75, 3.05) is 20.3 Å². The number of fused-ring (bicyclic) bond motifs is 1. The van der Waals surface area contributed by atoms with Crippen molar-refractivity contribution in [1.82, 2.24) is 0 Å². The molecule has 2 saturated heterocycles. The standard InChI is InChI=1S/C37H46O16/c1-21(38)44-19-28(48-22(2)39)31(49-23(3)40)33(50-24(4)41)35(51-25(5)42)37-47-20-29-30(53-37)32(45-17-26-13-9-7-10-14-26)34(36(43-6)52-29)46-18-27-15-11-8-12-16-27/h7-16,28-37H,17-20H2,1-6H3/t28-,29+,30-,31-,32-,33+,34+,35-,36+,37-/m0/s1. The van der Waals surface area contributed by atoms with Gasteiger partial charge in [-0.3, -0.25) is 24.0 Å². The van der Waals surface area contributed by atoms with Crippen molar-refractivity contribution in [3.8, 4) is 0 Å². The smallest absolute Gasteiger partial charge is 0.303 e. The molecule has 16 heteroatoms. The maximum atomic E-state index is 12.6. The molecular formula is C37H46O16. The van der Waals surface area contributed by atoms with Crippen molar-refractivity contribution in [1.29, 1.82) is 0 Å². The number of ether oxygens (including phenoxy) is 11. The Labute approximate surface area is 307 Å². The summed E-state index contributed by atoms with van der Waals surface area (Å²) in [5.74, 6) is -4.23. The van der Waals surface area contributed by atoms with E-state index in [1.165, 1.54) is 7.11 Å². The molecule has 2 aliphatic rings. The molecule has 2 fully saturated rings. The first kappa shape index (κ1) is 41.3. The molecule has 0 radical (unpaired) electrons. The fourth-order valence-corrected chi connectivity index (χ4v) is 5.96. The number of methoxy groups -OCH3 is 1. The molecule has 0 unspecified atom stereocenters. The second-order valence-corrected chi connectivity index (χ2v) is 12.3. The molecule has 0 aliphatic carbocycles. The van der Waals surface area contributed by atoms with Crippen molar-refractivity contribution < 1.29 is 76.1 Å². The number of carbonyl (C=O) groups is 5. The molecule has 53 heavy (non-hydrogen) atoms. The second-order valence-electron chi connectivity index (χ2n) is 12.3. The van der Waals surface area contributed by atoms with Crippen molar-refractivity contribution in [3.63, 3.8) is 0 Å². The number of rotatable bonds is 17. The number of carbonyl (C=O) groups excluding carboxylic acids is 5. The fraction of sp³-hybridized carbons (Fsp3) is 0.541. The highest BCUT2D eigenvalue weighted by atomic mass is 16.8. The van der Waals surface area contributed by atoms with Gasteiger partial charge in [-0.05, 0) is 11.1 Å². The number of benzene rings is 2. The Balaban J connectivity index is 1.73. The summed E-state index contributed by atoms with van der Waals surface area (Å²) in [5.41, 5.74) is 1.74. The Bertz CT molecular complexity index is 1500. The summed E-state index contributed by atoms with van der Waals surface area (Å²) in [5, 5.41) is 0. The molecule has 0 bridgehead atoms. The molecule has 2 heterocycles. The quantitative estimate of drug-likeness (QED) is 0.170. The van der Waals surface area contributed by atoms with Crippen LogP contribution in [0.25, 0.3) is 0 Å². The van der Waals surface area contributed by atoms with Gasteiger partial charge < -0.3 is 52.1 Å². The third-order valence-electron chi connectivity index (χ3n) is 8.07. The van der Waals surface area contributed by atoms with E-state index in [1.54, 1.807) is 0 Å². The molecule has 0 amide bonds. The molecule has 2 aromatic rings. The first-order valence-electron chi connectivity index (χ1n) is 16.9. The summed E-state index contributed by atoms with van der Waals surface area (Å²) in [7, 11) is 1.47. The van der Waals surface area contributed by atoms with Gasteiger partial charge in [-0.1, -0.05) is 60.7 Å². The van der Waals surface area contributed by atoms with Crippen molar-refractivity contribution in [2.24, 2.45) is 0 Å². The Kier molecular flexibility index (Phi) is 15.7. The van der Waals surface area contributed by atoms with Crippen LogP contribution >= 0.6 is 0 Å². The maximum Gasteiger partial charge on any atom is 0.303 e. The molecular weight excluding hydrogens is 700 g/mol. The highest BCUT2D eigenvalue weighted by Gasteiger charge is 2.55. The van der Waals surface area contributed by atoms with E-state index in [-0.39, 0.29) is 19.8 Å². The summed E-state index contributed by atoms with van der Waals surface area (Å²) < 4.78 is 64.7. The molecule has 0 N–H and O–H groups in total. The highest BCUT2D eigenvalue weighted by molar-refractivity contribution is 5.69. The summed E-state index contributed by atoms with van der Waals surface area (Å²) >= 11 is 0. The molecule has 16 nitrogen and oxygen atoms in total. The fourth-order valence-electron chi connectivity index (χ4n) is 5.96. The van der Waals surface area contributed by atoms with E-state index in [2.05, 4.69) is 0 Å². The van der Waals surface area contributed by atoms with Crippen LogP contribution < -0.4 is 0 Å². The van der Waals surface area contributed by atoms with Crippen LogP contribution in [0.5, 0.6) is 0 Å². The minimum Gasteiger partial charge on any atom is -0.462 e. The summed E-state index contributed by atoms with van der Waals surface area (Å²) in [4.78, 5) is 61.6. The first-order chi connectivity index (χ1) is 25.4. The summed E-state index contributed by atoms with van der Waals surface area (Å²) in [6.07, 6.45) is -12.5. The molecule has 0 saturated carbocycles. The minimum absolute atomic E-state index is 0.142.